The summed E-state index contributed by atoms with van der Waals surface area (Å²) in [5.41, 5.74) is 6.95. The molecule has 114 valence electrons. The first kappa shape index (κ1) is 19.0. The number of nitrogen functional groups attached to an aromatic ring is 1. The van der Waals surface area contributed by atoms with Gasteiger partial charge in [0, 0.05) is 23.8 Å². The number of nitrogens with one attached hydrogen (secondary N) is 1. The maximum Gasteiger partial charge on any atom is 0.251 e. The number of carbonyl (C=O) groups is 1. The Morgan fingerprint density at radius 2 is 2.20 bits per heavy atom. The summed E-state index contributed by atoms with van der Waals surface area (Å²) in [5, 5.41) is 3.09. The highest BCUT2D eigenvalue weighted by Gasteiger charge is 2.20. The highest BCUT2D eigenvalue weighted by atomic mass is 35.5. The Kier molecular flexibility index (Phi) is 8.62. The van der Waals surface area contributed by atoms with Gasteiger partial charge < -0.3 is 16.0 Å². The number of piperidine rings is 1. The number of rotatable bonds is 3. The molecule has 0 saturated carbocycles. The lowest BCUT2D eigenvalue weighted by molar-refractivity contribution is 0.0906. The second kappa shape index (κ2) is 9.06. The van der Waals surface area contributed by atoms with Gasteiger partial charge in [-0.15, -0.1) is 24.8 Å². The van der Waals surface area contributed by atoms with Crippen LogP contribution in [0.5, 0.6) is 0 Å². The SMILES string of the molecule is CCN1CCCC(NC(=O)c2cccc(N)c2)C1.Cl.Cl. The molecule has 1 atom stereocenters. The van der Waals surface area contributed by atoms with Crippen LogP contribution in [-0.4, -0.2) is 36.5 Å². The van der Waals surface area contributed by atoms with Gasteiger partial charge in [-0.25, -0.2) is 0 Å². The molecule has 0 aliphatic carbocycles. The summed E-state index contributed by atoms with van der Waals surface area (Å²) in [6.45, 7) is 5.29. The van der Waals surface area contributed by atoms with Gasteiger partial charge in [-0.1, -0.05) is 13.0 Å². The molecule has 3 N–H and O–H groups in total. The smallest absolute Gasteiger partial charge is 0.251 e. The van der Waals surface area contributed by atoms with Gasteiger partial charge in [-0.2, -0.15) is 0 Å². The average Bonchev–Trinajstić information content (AvgIpc) is 2.39. The number of amides is 1. The molecule has 1 aromatic carbocycles. The molecular weight excluding hydrogens is 297 g/mol. The molecule has 1 aliphatic heterocycles. The van der Waals surface area contributed by atoms with Crippen molar-refractivity contribution in [1.82, 2.24) is 10.2 Å². The Hall–Kier alpha value is -0.970. The fourth-order valence-corrected chi connectivity index (χ4v) is 2.41. The third kappa shape index (κ3) is 5.19. The van der Waals surface area contributed by atoms with Crippen LogP contribution in [0.3, 0.4) is 0 Å². The van der Waals surface area contributed by atoms with E-state index in [-0.39, 0.29) is 36.8 Å². The number of likely N-dealkylation sites (N-methyl/N-ethyl adjacent to an activating group) is 1. The predicted molar refractivity (Wildman–Crippen MR) is 88.0 cm³/mol. The van der Waals surface area contributed by atoms with Crippen molar-refractivity contribution in [3.8, 4) is 0 Å². The molecule has 20 heavy (non-hydrogen) atoms. The zero-order valence-corrected chi connectivity index (χ0v) is 13.3. The Bertz CT molecular complexity index is 429. The maximum absolute atomic E-state index is 12.1. The van der Waals surface area contributed by atoms with Crippen LogP contribution in [-0.2, 0) is 0 Å². The maximum atomic E-state index is 12.1. The largest absolute Gasteiger partial charge is 0.399 e. The third-order valence-corrected chi connectivity index (χ3v) is 3.44. The molecule has 0 spiro atoms. The van der Waals surface area contributed by atoms with Gasteiger partial charge in [0.1, 0.15) is 0 Å². The summed E-state index contributed by atoms with van der Waals surface area (Å²) in [7, 11) is 0. The van der Waals surface area contributed by atoms with Crippen LogP contribution in [0.25, 0.3) is 0 Å². The van der Waals surface area contributed by atoms with Gasteiger partial charge in [-0.3, -0.25) is 4.79 Å². The molecule has 0 bridgehead atoms. The number of nitrogens with zero attached hydrogens (tertiary/aromatic N) is 1. The van der Waals surface area contributed by atoms with E-state index >= 15 is 0 Å². The van der Waals surface area contributed by atoms with Crippen LogP contribution in [0.15, 0.2) is 24.3 Å². The van der Waals surface area contributed by atoms with Crippen molar-refractivity contribution in [1.29, 1.82) is 0 Å². The zero-order chi connectivity index (χ0) is 13.0. The first-order chi connectivity index (χ1) is 8.69. The quantitative estimate of drug-likeness (QED) is 0.841. The van der Waals surface area contributed by atoms with Crippen LogP contribution in [0, 0.1) is 0 Å². The van der Waals surface area contributed by atoms with Crippen molar-refractivity contribution in [2.45, 2.75) is 25.8 Å². The second-order valence-corrected chi connectivity index (χ2v) is 4.83. The Morgan fingerprint density at radius 1 is 1.45 bits per heavy atom. The van der Waals surface area contributed by atoms with Crippen LogP contribution >= 0.6 is 24.8 Å². The van der Waals surface area contributed by atoms with Crippen molar-refractivity contribution in [2.24, 2.45) is 0 Å². The van der Waals surface area contributed by atoms with E-state index in [1.807, 2.05) is 6.07 Å². The summed E-state index contributed by atoms with van der Waals surface area (Å²) < 4.78 is 0. The van der Waals surface area contributed by atoms with Crippen molar-refractivity contribution >= 4 is 36.4 Å². The van der Waals surface area contributed by atoms with E-state index in [2.05, 4.69) is 17.1 Å². The number of halogens is 2. The first-order valence-corrected chi connectivity index (χ1v) is 6.58. The minimum absolute atomic E-state index is 0. The highest BCUT2D eigenvalue weighted by molar-refractivity contribution is 5.95. The summed E-state index contributed by atoms with van der Waals surface area (Å²) in [5.74, 6) is -0.0229. The fraction of sp³-hybridized carbons (Fsp3) is 0.500. The summed E-state index contributed by atoms with van der Waals surface area (Å²) in [6, 6.07) is 7.37. The zero-order valence-electron chi connectivity index (χ0n) is 11.7. The molecule has 1 aliphatic rings. The number of hydrogen-bond donors (Lipinski definition) is 2. The number of benzene rings is 1. The molecule has 1 unspecified atom stereocenters. The summed E-state index contributed by atoms with van der Waals surface area (Å²) >= 11 is 0. The van der Waals surface area contributed by atoms with Crippen LogP contribution < -0.4 is 11.1 Å². The van der Waals surface area contributed by atoms with E-state index in [1.54, 1.807) is 18.2 Å². The third-order valence-electron chi connectivity index (χ3n) is 3.44. The summed E-state index contributed by atoms with van der Waals surface area (Å²) in [6.07, 6.45) is 2.21. The highest BCUT2D eigenvalue weighted by Crippen LogP contribution is 2.11. The Balaban J connectivity index is 0.00000180. The average molecular weight is 320 g/mol. The molecule has 4 nitrogen and oxygen atoms in total. The van der Waals surface area contributed by atoms with E-state index < -0.39 is 0 Å². The number of hydrogen-bond acceptors (Lipinski definition) is 3. The van der Waals surface area contributed by atoms with E-state index in [1.165, 1.54) is 0 Å². The first-order valence-electron chi connectivity index (χ1n) is 6.58. The summed E-state index contributed by atoms with van der Waals surface area (Å²) in [4.78, 5) is 14.4. The molecule has 1 fully saturated rings. The number of carbonyl (C=O) groups excluding carboxylic acids is 1. The lowest BCUT2D eigenvalue weighted by atomic mass is 10.0. The number of anilines is 1. The van der Waals surface area contributed by atoms with Crippen LogP contribution in [0.4, 0.5) is 5.69 Å². The van der Waals surface area contributed by atoms with E-state index in [9.17, 15) is 4.79 Å². The van der Waals surface area contributed by atoms with Crippen molar-refractivity contribution in [2.75, 3.05) is 25.4 Å². The lowest BCUT2D eigenvalue weighted by Crippen LogP contribution is -2.47. The Morgan fingerprint density at radius 3 is 2.85 bits per heavy atom. The van der Waals surface area contributed by atoms with Crippen LogP contribution in [0.1, 0.15) is 30.1 Å². The Labute approximate surface area is 132 Å². The minimum Gasteiger partial charge on any atom is -0.399 e. The fourth-order valence-electron chi connectivity index (χ4n) is 2.41. The van der Waals surface area contributed by atoms with Crippen molar-refractivity contribution in [3.05, 3.63) is 29.8 Å². The van der Waals surface area contributed by atoms with E-state index in [4.69, 9.17) is 5.73 Å². The monoisotopic (exact) mass is 319 g/mol. The van der Waals surface area contributed by atoms with E-state index in [0.29, 0.717) is 11.3 Å². The molecule has 6 heteroatoms. The number of likely N-dealkylation sites (tertiary alicyclic amines) is 1. The van der Waals surface area contributed by atoms with E-state index in [0.717, 1.165) is 32.5 Å². The van der Waals surface area contributed by atoms with Gasteiger partial charge in [-0.05, 0) is 44.1 Å². The molecule has 1 saturated heterocycles. The second-order valence-electron chi connectivity index (χ2n) is 4.83. The minimum atomic E-state index is -0.0229. The number of nitrogens with two attached hydrogens (primary N) is 1. The molecule has 1 aromatic rings. The van der Waals surface area contributed by atoms with Gasteiger partial charge in [0.25, 0.3) is 5.91 Å². The lowest BCUT2D eigenvalue weighted by Gasteiger charge is -2.32. The molecule has 0 aromatic heterocycles. The van der Waals surface area contributed by atoms with Gasteiger partial charge >= 0.3 is 0 Å². The van der Waals surface area contributed by atoms with Crippen molar-refractivity contribution < 1.29 is 4.79 Å². The van der Waals surface area contributed by atoms with Crippen molar-refractivity contribution in [3.63, 3.8) is 0 Å². The topological polar surface area (TPSA) is 58.4 Å². The van der Waals surface area contributed by atoms with Gasteiger partial charge in [0.05, 0.1) is 0 Å². The molecule has 1 amide bonds. The predicted octanol–water partition coefficient (Wildman–Crippen LogP) is 2.33. The van der Waals surface area contributed by atoms with Crippen LogP contribution in [0.2, 0.25) is 0 Å². The molecular formula is C14H23Cl2N3O. The molecule has 0 radical (unpaired) electrons. The van der Waals surface area contributed by atoms with Gasteiger partial charge in [0.15, 0.2) is 0 Å². The standard InChI is InChI=1S/C14H21N3O.2ClH/c1-2-17-8-4-7-13(10-17)16-14(18)11-5-3-6-12(15)9-11;;/h3,5-6,9,13H,2,4,7-8,10,15H2,1H3,(H,16,18);2*1H. The molecule has 2 rings (SSSR count). The molecule has 1 heterocycles. The van der Waals surface area contributed by atoms with Gasteiger partial charge in [0.2, 0.25) is 0 Å². The normalized spacial score (nSPS) is 18.6.